The molecule has 1 aliphatic rings. The molecule has 0 aliphatic heterocycles. The molecule has 26 heavy (non-hydrogen) atoms. The van der Waals surface area contributed by atoms with Crippen molar-refractivity contribution in [1.82, 2.24) is 10.2 Å². The number of primary amides is 1. The van der Waals surface area contributed by atoms with Crippen molar-refractivity contribution in [2.24, 2.45) is 11.7 Å². The van der Waals surface area contributed by atoms with Gasteiger partial charge in [0.15, 0.2) is 0 Å². The summed E-state index contributed by atoms with van der Waals surface area (Å²) in [6.45, 7) is 0.799. The molecule has 8 heteroatoms. The summed E-state index contributed by atoms with van der Waals surface area (Å²) >= 11 is 0. The number of halogens is 3. The molecule has 0 bridgehead atoms. The van der Waals surface area contributed by atoms with Crippen LogP contribution < -0.4 is 11.1 Å². The van der Waals surface area contributed by atoms with Gasteiger partial charge in [-0.3, -0.25) is 9.89 Å². The number of amides is 1. The lowest BCUT2D eigenvalue weighted by molar-refractivity contribution is -0.137. The van der Waals surface area contributed by atoms with Crippen LogP contribution in [0.2, 0.25) is 0 Å². The number of hydrogen-bond acceptors (Lipinski definition) is 3. The second-order valence-corrected chi connectivity index (χ2v) is 6.72. The summed E-state index contributed by atoms with van der Waals surface area (Å²) < 4.78 is 38.7. The van der Waals surface area contributed by atoms with E-state index in [4.69, 9.17) is 5.73 Å². The van der Waals surface area contributed by atoms with Gasteiger partial charge in [0.2, 0.25) is 5.91 Å². The predicted octanol–water partition coefficient (Wildman–Crippen LogP) is 3.91. The molecule has 1 heterocycles. The minimum Gasteiger partial charge on any atom is -0.368 e. The van der Waals surface area contributed by atoms with Crippen molar-refractivity contribution >= 4 is 11.7 Å². The maximum Gasteiger partial charge on any atom is 0.416 e. The summed E-state index contributed by atoms with van der Waals surface area (Å²) in [7, 11) is 0. The van der Waals surface area contributed by atoms with Gasteiger partial charge in [0.05, 0.1) is 5.56 Å². The highest BCUT2D eigenvalue weighted by molar-refractivity contribution is 5.94. The number of carbonyl (C=O) groups excluding carboxylic acids is 1. The third-order valence-electron chi connectivity index (χ3n) is 5.01. The first-order valence-corrected chi connectivity index (χ1v) is 8.59. The number of rotatable bonds is 5. The van der Waals surface area contributed by atoms with Crippen LogP contribution in [0.4, 0.5) is 19.0 Å². The van der Waals surface area contributed by atoms with Crippen LogP contribution in [0.25, 0.3) is 0 Å². The predicted molar refractivity (Wildman–Crippen MR) is 91.7 cm³/mol. The zero-order valence-electron chi connectivity index (χ0n) is 14.1. The highest BCUT2D eigenvalue weighted by Gasteiger charge is 2.33. The molecule has 1 fully saturated rings. The van der Waals surface area contributed by atoms with Crippen LogP contribution >= 0.6 is 0 Å². The minimum absolute atomic E-state index is 0.0158. The Labute approximate surface area is 149 Å². The van der Waals surface area contributed by atoms with Crippen molar-refractivity contribution in [3.8, 4) is 0 Å². The van der Waals surface area contributed by atoms with E-state index in [0.29, 0.717) is 11.5 Å². The van der Waals surface area contributed by atoms with Crippen LogP contribution in [0.3, 0.4) is 0 Å². The average Bonchev–Trinajstić information content (AvgIpc) is 3.12. The smallest absolute Gasteiger partial charge is 0.368 e. The van der Waals surface area contributed by atoms with Crippen molar-refractivity contribution in [3.05, 3.63) is 47.2 Å². The summed E-state index contributed by atoms with van der Waals surface area (Å²) in [4.78, 5) is 11.7. The van der Waals surface area contributed by atoms with E-state index in [-0.39, 0.29) is 11.5 Å². The molecule has 2 aromatic rings. The van der Waals surface area contributed by atoms with E-state index in [2.05, 4.69) is 15.5 Å². The van der Waals surface area contributed by atoms with Crippen molar-refractivity contribution in [2.75, 3.05) is 11.9 Å². The zero-order chi connectivity index (χ0) is 18.7. The molecule has 140 valence electrons. The summed E-state index contributed by atoms with van der Waals surface area (Å²) in [5.74, 6) is 0.509. The number of hydrogen-bond donors (Lipinski definition) is 3. The van der Waals surface area contributed by atoms with Gasteiger partial charge < -0.3 is 11.1 Å². The van der Waals surface area contributed by atoms with Gasteiger partial charge in [0, 0.05) is 18.3 Å². The molecule has 0 atom stereocenters. The highest BCUT2D eigenvalue weighted by Crippen LogP contribution is 2.39. The first-order valence-electron chi connectivity index (χ1n) is 8.59. The number of carbonyl (C=O) groups is 1. The van der Waals surface area contributed by atoms with E-state index in [1.807, 2.05) is 6.07 Å². The third-order valence-corrected chi connectivity index (χ3v) is 5.01. The fourth-order valence-corrected chi connectivity index (χ4v) is 3.59. The molecule has 0 saturated heterocycles. The number of nitrogens with one attached hydrogen (secondary N) is 2. The molecule has 1 saturated carbocycles. The lowest BCUT2D eigenvalue weighted by Gasteiger charge is -2.30. The van der Waals surface area contributed by atoms with E-state index in [0.717, 1.165) is 50.2 Å². The van der Waals surface area contributed by atoms with Gasteiger partial charge in [0.25, 0.3) is 0 Å². The van der Waals surface area contributed by atoms with E-state index >= 15 is 0 Å². The van der Waals surface area contributed by atoms with Gasteiger partial charge in [-0.2, -0.15) is 18.3 Å². The van der Waals surface area contributed by atoms with Gasteiger partial charge in [0.1, 0.15) is 5.82 Å². The molecule has 5 nitrogen and oxygen atoms in total. The van der Waals surface area contributed by atoms with Gasteiger partial charge in [-0.05, 0) is 61.3 Å². The molecule has 1 aromatic heterocycles. The second-order valence-electron chi connectivity index (χ2n) is 6.72. The second kappa shape index (κ2) is 7.39. The monoisotopic (exact) mass is 366 g/mol. The molecular formula is C18H21F3N4O. The molecule has 4 N–H and O–H groups in total. The van der Waals surface area contributed by atoms with Crippen LogP contribution in [0.5, 0.6) is 0 Å². The van der Waals surface area contributed by atoms with Crippen LogP contribution in [0, 0.1) is 5.92 Å². The van der Waals surface area contributed by atoms with E-state index in [9.17, 15) is 18.0 Å². The van der Waals surface area contributed by atoms with E-state index in [1.165, 1.54) is 6.07 Å². The van der Waals surface area contributed by atoms with Crippen LogP contribution in [-0.4, -0.2) is 22.6 Å². The Hall–Kier alpha value is -2.51. The molecule has 3 rings (SSSR count). The van der Waals surface area contributed by atoms with Crippen LogP contribution in [0.15, 0.2) is 30.5 Å². The molecule has 1 aliphatic carbocycles. The number of H-pyrrole nitrogens is 1. The summed E-state index contributed by atoms with van der Waals surface area (Å²) in [5, 5.41) is 10.0. The quantitative estimate of drug-likeness (QED) is 0.750. The standard InChI is InChI=1S/C18H21F3N4O/c19-18(20,21)13-5-6-14(15(9-13)17(22)26)12-3-1-11(2-4-12)10-23-16-7-8-24-25-16/h5-9,11-12H,1-4,10H2,(H2,22,26)(H2,23,24,25). The Kier molecular flexibility index (Phi) is 5.20. The number of anilines is 1. The van der Waals surface area contributed by atoms with Crippen LogP contribution in [-0.2, 0) is 6.18 Å². The molecule has 0 unspecified atom stereocenters. The maximum absolute atomic E-state index is 12.9. The average molecular weight is 366 g/mol. The molecular weight excluding hydrogens is 345 g/mol. The number of nitrogens with zero attached hydrogens (tertiary/aromatic N) is 1. The number of benzene rings is 1. The number of aromatic nitrogens is 2. The fraction of sp³-hybridized carbons (Fsp3) is 0.444. The Balaban J connectivity index is 1.66. The maximum atomic E-state index is 12.9. The Bertz CT molecular complexity index is 750. The van der Waals surface area contributed by atoms with Gasteiger partial charge in [-0.15, -0.1) is 0 Å². The number of nitrogens with two attached hydrogens (primary N) is 1. The number of aromatic amines is 1. The number of alkyl halides is 3. The zero-order valence-corrected chi connectivity index (χ0v) is 14.1. The fourth-order valence-electron chi connectivity index (χ4n) is 3.59. The molecule has 1 amide bonds. The van der Waals surface area contributed by atoms with Crippen molar-refractivity contribution in [1.29, 1.82) is 0 Å². The largest absolute Gasteiger partial charge is 0.416 e. The molecule has 0 radical (unpaired) electrons. The Morgan fingerprint density at radius 1 is 1.23 bits per heavy atom. The van der Waals surface area contributed by atoms with E-state index in [1.54, 1.807) is 6.20 Å². The Morgan fingerprint density at radius 3 is 2.54 bits per heavy atom. The Morgan fingerprint density at radius 2 is 1.96 bits per heavy atom. The normalized spacial score (nSPS) is 20.7. The summed E-state index contributed by atoms with van der Waals surface area (Å²) in [5.41, 5.74) is 5.11. The lowest BCUT2D eigenvalue weighted by atomic mass is 9.77. The third kappa shape index (κ3) is 4.17. The van der Waals surface area contributed by atoms with Gasteiger partial charge in [-0.1, -0.05) is 6.07 Å². The first kappa shape index (κ1) is 18.3. The van der Waals surface area contributed by atoms with Gasteiger partial charge >= 0.3 is 6.18 Å². The van der Waals surface area contributed by atoms with Crippen molar-refractivity contribution < 1.29 is 18.0 Å². The minimum atomic E-state index is -4.49. The molecule has 1 aromatic carbocycles. The van der Waals surface area contributed by atoms with Crippen molar-refractivity contribution in [2.45, 2.75) is 37.8 Å². The summed E-state index contributed by atoms with van der Waals surface area (Å²) in [6, 6.07) is 5.18. The SMILES string of the molecule is NC(=O)c1cc(C(F)(F)F)ccc1C1CCC(CNc2cc[nH]n2)CC1. The lowest BCUT2D eigenvalue weighted by Crippen LogP contribution is -2.23. The van der Waals surface area contributed by atoms with E-state index < -0.39 is 17.6 Å². The van der Waals surface area contributed by atoms with Crippen molar-refractivity contribution in [3.63, 3.8) is 0 Å². The topological polar surface area (TPSA) is 83.8 Å². The van der Waals surface area contributed by atoms with Gasteiger partial charge in [-0.25, -0.2) is 0 Å². The first-order chi connectivity index (χ1) is 12.3. The van der Waals surface area contributed by atoms with Crippen LogP contribution in [0.1, 0.15) is 53.1 Å². The summed E-state index contributed by atoms with van der Waals surface area (Å²) in [6.07, 6.45) is 0.757. The molecule has 0 spiro atoms. The highest BCUT2D eigenvalue weighted by atomic mass is 19.4.